The highest BCUT2D eigenvalue weighted by Crippen LogP contribution is 2.09. The molecule has 0 N–H and O–H groups in total. The Kier molecular flexibility index (Phi) is 4.37. The van der Waals surface area contributed by atoms with Gasteiger partial charge in [0.2, 0.25) is 5.95 Å². The molecule has 0 bridgehead atoms. The van der Waals surface area contributed by atoms with Crippen LogP contribution in [0.25, 0.3) is 0 Å². The van der Waals surface area contributed by atoms with Gasteiger partial charge in [-0.2, -0.15) is 5.10 Å². The molecule has 0 aliphatic heterocycles. The maximum atomic E-state index is 11.3. The van der Waals surface area contributed by atoms with Crippen LogP contribution in [0.5, 0.6) is 0 Å². The average molecular weight is 238 g/mol. The highest BCUT2D eigenvalue weighted by Gasteiger charge is 2.17. The normalized spacial score (nSPS) is 12.1. The minimum atomic E-state index is -0.242. The summed E-state index contributed by atoms with van der Waals surface area (Å²) in [5.74, 6) is 0.0488. The summed E-state index contributed by atoms with van der Waals surface area (Å²) >= 11 is 0. The van der Waals surface area contributed by atoms with Crippen molar-refractivity contribution in [2.45, 2.75) is 20.8 Å². The number of nitrogens with zero attached hydrogens (tertiary/aromatic N) is 4. The summed E-state index contributed by atoms with van der Waals surface area (Å²) in [5, 5.41) is 7.99. The van der Waals surface area contributed by atoms with Crippen LogP contribution >= 0.6 is 0 Å². The van der Waals surface area contributed by atoms with Crippen LogP contribution in [-0.2, 0) is 9.53 Å². The van der Waals surface area contributed by atoms with Crippen LogP contribution in [0, 0.1) is 19.8 Å². The zero-order chi connectivity index (χ0) is 13.0. The van der Waals surface area contributed by atoms with Gasteiger partial charge in [0.1, 0.15) is 0 Å². The molecule has 1 aromatic rings. The lowest BCUT2D eigenvalue weighted by molar-refractivity contribution is -0.144. The molecule has 0 saturated carbocycles. The second-order valence-electron chi connectivity index (χ2n) is 4.09. The molecule has 1 heterocycles. The molecular weight excluding hydrogens is 220 g/mol. The number of aryl methyl sites for hydroxylation is 2. The maximum Gasteiger partial charge on any atom is 0.310 e. The fourth-order valence-electron chi connectivity index (χ4n) is 1.38. The summed E-state index contributed by atoms with van der Waals surface area (Å²) in [7, 11) is 3.21. The van der Waals surface area contributed by atoms with Crippen molar-refractivity contribution < 1.29 is 9.53 Å². The second-order valence-corrected chi connectivity index (χ2v) is 4.09. The van der Waals surface area contributed by atoms with E-state index in [0.717, 1.165) is 11.4 Å². The molecule has 94 valence electrons. The highest BCUT2D eigenvalue weighted by atomic mass is 16.5. The zero-order valence-electron chi connectivity index (χ0n) is 10.9. The number of carbonyl (C=O) groups excluding carboxylic acids is 1. The molecule has 0 fully saturated rings. The Bertz CT molecular complexity index is 408. The molecular formula is C11H18N4O2. The number of carbonyl (C=O) groups is 1. The lowest BCUT2D eigenvalue weighted by atomic mass is 10.2. The van der Waals surface area contributed by atoms with Gasteiger partial charge in [-0.1, -0.05) is 6.92 Å². The summed E-state index contributed by atoms with van der Waals surface area (Å²) in [4.78, 5) is 17.4. The number of esters is 1. The molecule has 6 nitrogen and oxygen atoms in total. The van der Waals surface area contributed by atoms with Crippen molar-refractivity contribution in [3.05, 3.63) is 11.4 Å². The molecule has 1 rings (SSSR count). The molecule has 1 atom stereocenters. The van der Waals surface area contributed by atoms with E-state index in [1.54, 1.807) is 11.8 Å². The summed E-state index contributed by atoms with van der Waals surface area (Å²) in [5.41, 5.74) is 1.65. The third kappa shape index (κ3) is 3.37. The van der Waals surface area contributed by atoms with E-state index in [1.165, 1.54) is 7.11 Å². The van der Waals surface area contributed by atoms with Crippen LogP contribution in [0.1, 0.15) is 18.3 Å². The van der Waals surface area contributed by atoms with Gasteiger partial charge in [-0.3, -0.25) is 4.79 Å². The summed E-state index contributed by atoms with van der Waals surface area (Å²) in [6, 6.07) is 0. The summed E-state index contributed by atoms with van der Waals surface area (Å²) in [6.45, 7) is 6.04. The van der Waals surface area contributed by atoms with Crippen molar-refractivity contribution >= 4 is 11.9 Å². The first-order valence-electron chi connectivity index (χ1n) is 5.42. The van der Waals surface area contributed by atoms with E-state index in [-0.39, 0.29) is 11.9 Å². The van der Waals surface area contributed by atoms with Gasteiger partial charge >= 0.3 is 5.97 Å². The molecule has 0 spiro atoms. The number of aromatic nitrogens is 3. The van der Waals surface area contributed by atoms with Crippen LogP contribution in [-0.4, -0.2) is 41.9 Å². The Morgan fingerprint density at radius 1 is 1.35 bits per heavy atom. The molecule has 0 amide bonds. The van der Waals surface area contributed by atoms with Crippen LogP contribution in [0.4, 0.5) is 5.95 Å². The van der Waals surface area contributed by atoms with Gasteiger partial charge in [-0.15, -0.1) is 5.10 Å². The lowest BCUT2D eigenvalue weighted by Crippen LogP contribution is -2.30. The van der Waals surface area contributed by atoms with Crippen LogP contribution in [0.15, 0.2) is 0 Å². The van der Waals surface area contributed by atoms with Crippen molar-refractivity contribution in [2.75, 3.05) is 25.6 Å². The van der Waals surface area contributed by atoms with Gasteiger partial charge in [0.05, 0.1) is 24.4 Å². The number of anilines is 1. The highest BCUT2D eigenvalue weighted by molar-refractivity contribution is 5.72. The van der Waals surface area contributed by atoms with E-state index in [1.807, 2.05) is 20.9 Å². The fraction of sp³-hybridized carbons (Fsp3) is 0.636. The predicted molar refractivity (Wildman–Crippen MR) is 63.8 cm³/mol. The van der Waals surface area contributed by atoms with E-state index in [2.05, 4.69) is 19.9 Å². The van der Waals surface area contributed by atoms with E-state index < -0.39 is 0 Å². The molecule has 0 aromatic carbocycles. The largest absolute Gasteiger partial charge is 0.469 e. The van der Waals surface area contributed by atoms with Crippen molar-refractivity contribution in [3.63, 3.8) is 0 Å². The first-order chi connectivity index (χ1) is 7.95. The SMILES string of the molecule is COC(=O)C(C)CN(C)c1nnc(C)c(C)n1. The predicted octanol–water partition coefficient (Wildman–Crippen LogP) is 0.734. The van der Waals surface area contributed by atoms with Gasteiger partial charge in [0, 0.05) is 13.6 Å². The third-order valence-corrected chi connectivity index (χ3v) is 2.57. The molecule has 0 saturated heterocycles. The van der Waals surface area contributed by atoms with Gasteiger partial charge in [-0.25, -0.2) is 4.98 Å². The number of methoxy groups -OCH3 is 1. The number of hydrogen-bond acceptors (Lipinski definition) is 6. The molecule has 1 aromatic heterocycles. The molecule has 0 aliphatic rings. The average Bonchev–Trinajstić information content (AvgIpc) is 2.31. The van der Waals surface area contributed by atoms with Crippen molar-refractivity contribution in [3.8, 4) is 0 Å². The second kappa shape index (κ2) is 5.56. The van der Waals surface area contributed by atoms with Crippen LogP contribution < -0.4 is 4.90 Å². The molecule has 6 heteroatoms. The Hall–Kier alpha value is -1.72. The van der Waals surface area contributed by atoms with Crippen molar-refractivity contribution in [2.24, 2.45) is 5.92 Å². The zero-order valence-corrected chi connectivity index (χ0v) is 10.9. The van der Waals surface area contributed by atoms with Gasteiger partial charge in [-0.05, 0) is 13.8 Å². The van der Waals surface area contributed by atoms with Crippen LogP contribution in [0.2, 0.25) is 0 Å². The molecule has 1 unspecified atom stereocenters. The molecule has 0 aliphatic carbocycles. The van der Waals surface area contributed by atoms with Crippen molar-refractivity contribution in [1.82, 2.24) is 15.2 Å². The standard InChI is InChI=1S/C11H18N4O2/c1-7(10(16)17-5)6-15(4)11-12-8(2)9(3)13-14-11/h7H,6H2,1-5H3. The fourth-order valence-corrected chi connectivity index (χ4v) is 1.38. The van der Waals surface area contributed by atoms with Gasteiger partial charge in [0.25, 0.3) is 0 Å². The van der Waals surface area contributed by atoms with E-state index in [9.17, 15) is 4.79 Å². The Balaban J connectivity index is 2.72. The Morgan fingerprint density at radius 2 is 2.00 bits per heavy atom. The van der Waals surface area contributed by atoms with E-state index >= 15 is 0 Å². The summed E-state index contributed by atoms with van der Waals surface area (Å²) < 4.78 is 4.67. The third-order valence-electron chi connectivity index (χ3n) is 2.57. The Labute approximate surface area is 101 Å². The number of ether oxygens (including phenoxy) is 1. The smallest absolute Gasteiger partial charge is 0.310 e. The van der Waals surface area contributed by atoms with Gasteiger partial charge in [0.15, 0.2) is 0 Å². The lowest BCUT2D eigenvalue weighted by Gasteiger charge is -2.19. The minimum Gasteiger partial charge on any atom is -0.469 e. The first-order valence-corrected chi connectivity index (χ1v) is 5.42. The van der Waals surface area contributed by atoms with E-state index in [0.29, 0.717) is 12.5 Å². The molecule has 0 radical (unpaired) electrons. The van der Waals surface area contributed by atoms with Crippen LogP contribution in [0.3, 0.4) is 0 Å². The van der Waals surface area contributed by atoms with Gasteiger partial charge < -0.3 is 9.64 Å². The number of rotatable bonds is 4. The maximum absolute atomic E-state index is 11.3. The van der Waals surface area contributed by atoms with E-state index in [4.69, 9.17) is 0 Å². The molecule has 17 heavy (non-hydrogen) atoms. The monoisotopic (exact) mass is 238 g/mol. The Morgan fingerprint density at radius 3 is 2.53 bits per heavy atom. The van der Waals surface area contributed by atoms with Crippen molar-refractivity contribution in [1.29, 1.82) is 0 Å². The minimum absolute atomic E-state index is 0.227. The quantitative estimate of drug-likeness (QED) is 0.720. The summed E-state index contributed by atoms with van der Waals surface area (Å²) in [6.07, 6.45) is 0. The number of hydrogen-bond donors (Lipinski definition) is 0. The first kappa shape index (κ1) is 13.3. The topological polar surface area (TPSA) is 68.2 Å².